The van der Waals surface area contributed by atoms with Crippen molar-refractivity contribution in [2.24, 2.45) is 0 Å². The summed E-state index contributed by atoms with van der Waals surface area (Å²) in [5.74, 6) is -0.103. The van der Waals surface area contributed by atoms with E-state index in [1.165, 1.54) is 4.90 Å². The van der Waals surface area contributed by atoms with Crippen molar-refractivity contribution in [2.75, 3.05) is 11.9 Å². The van der Waals surface area contributed by atoms with Crippen molar-refractivity contribution in [3.63, 3.8) is 0 Å². The second-order valence-electron chi connectivity index (χ2n) is 3.97. The zero-order valence-corrected chi connectivity index (χ0v) is 10.1. The lowest BCUT2D eigenvalue weighted by atomic mass is 10.1. The minimum absolute atomic E-state index is 0.103. The van der Waals surface area contributed by atoms with Gasteiger partial charge in [0.2, 0.25) is 5.91 Å². The molecule has 4 nitrogen and oxygen atoms in total. The molecule has 0 heterocycles. The van der Waals surface area contributed by atoms with Gasteiger partial charge in [-0.15, -0.1) is 0 Å². The molecule has 0 aromatic heterocycles. The molecule has 1 amide bonds. The van der Waals surface area contributed by atoms with Gasteiger partial charge >= 0.3 is 0 Å². The third-order valence-corrected chi connectivity index (χ3v) is 2.54. The second kappa shape index (κ2) is 6.02. The van der Waals surface area contributed by atoms with E-state index >= 15 is 0 Å². The van der Waals surface area contributed by atoms with Gasteiger partial charge in [0.1, 0.15) is 6.07 Å². The normalized spacial score (nSPS) is 11.6. The first-order valence-corrected chi connectivity index (χ1v) is 5.50. The highest BCUT2D eigenvalue weighted by Gasteiger charge is 2.14. The number of carbonyl (C=O) groups excluding carboxylic acids is 1. The predicted molar refractivity (Wildman–Crippen MR) is 65.5 cm³/mol. The zero-order valence-electron chi connectivity index (χ0n) is 10.1. The first-order valence-electron chi connectivity index (χ1n) is 5.50. The molecule has 0 bridgehead atoms. The first-order chi connectivity index (χ1) is 8.06. The Morgan fingerprint density at radius 3 is 2.76 bits per heavy atom. The largest absolute Gasteiger partial charge is 0.393 e. The quantitative estimate of drug-likeness (QED) is 0.859. The average Bonchev–Trinajstić information content (AvgIpc) is 2.34. The maximum absolute atomic E-state index is 11.8. The van der Waals surface area contributed by atoms with Crippen LogP contribution in [0.3, 0.4) is 0 Å². The van der Waals surface area contributed by atoms with Gasteiger partial charge in [0.25, 0.3) is 0 Å². The Labute approximate surface area is 101 Å². The van der Waals surface area contributed by atoms with E-state index in [2.05, 4.69) is 6.07 Å². The van der Waals surface area contributed by atoms with Gasteiger partial charge in [0.15, 0.2) is 0 Å². The second-order valence-corrected chi connectivity index (χ2v) is 3.97. The molecule has 1 atom stereocenters. The molecule has 1 aromatic carbocycles. The molecule has 4 heteroatoms. The Hall–Kier alpha value is -1.86. The van der Waals surface area contributed by atoms with Crippen LogP contribution < -0.4 is 4.90 Å². The van der Waals surface area contributed by atoms with Crippen molar-refractivity contribution in [1.29, 1.82) is 5.26 Å². The van der Waals surface area contributed by atoms with E-state index in [0.717, 1.165) is 0 Å². The smallest absolute Gasteiger partial charge is 0.226 e. The van der Waals surface area contributed by atoms with Gasteiger partial charge in [-0.3, -0.25) is 4.79 Å². The summed E-state index contributed by atoms with van der Waals surface area (Å²) in [7, 11) is 1.64. The molecule has 0 aliphatic carbocycles. The van der Waals surface area contributed by atoms with Crippen molar-refractivity contribution < 1.29 is 9.90 Å². The fourth-order valence-corrected chi connectivity index (χ4v) is 1.50. The molecule has 0 fully saturated rings. The molecular formula is C13H16N2O2. The monoisotopic (exact) mass is 232 g/mol. The summed E-state index contributed by atoms with van der Waals surface area (Å²) in [6, 6.07) is 9.01. The third kappa shape index (κ3) is 3.58. The van der Waals surface area contributed by atoms with Crippen LogP contribution in [0.5, 0.6) is 0 Å². The van der Waals surface area contributed by atoms with E-state index in [4.69, 9.17) is 10.4 Å². The van der Waals surface area contributed by atoms with Crippen molar-refractivity contribution >= 4 is 11.6 Å². The summed E-state index contributed by atoms with van der Waals surface area (Å²) in [5, 5.41) is 18.1. The Morgan fingerprint density at radius 2 is 2.18 bits per heavy atom. The SMILES string of the molecule is CC(O)CCC(=O)N(C)c1ccccc1C#N. The summed E-state index contributed by atoms with van der Waals surface area (Å²) in [6.45, 7) is 1.65. The molecule has 1 unspecified atom stereocenters. The van der Waals surface area contributed by atoms with Crippen LogP contribution in [0, 0.1) is 11.3 Å². The number of benzene rings is 1. The molecule has 1 aromatic rings. The number of aliphatic hydroxyl groups excluding tert-OH is 1. The molecule has 0 aliphatic heterocycles. The van der Waals surface area contributed by atoms with E-state index in [-0.39, 0.29) is 12.3 Å². The summed E-state index contributed by atoms with van der Waals surface area (Å²) in [5.41, 5.74) is 1.07. The molecule has 0 saturated heterocycles. The Balaban J connectivity index is 2.79. The van der Waals surface area contributed by atoms with Crippen LogP contribution in [-0.4, -0.2) is 24.2 Å². The highest BCUT2D eigenvalue weighted by Crippen LogP contribution is 2.19. The predicted octanol–water partition coefficient (Wildman–Crippen LogP) is 1.68. The molecule has 17 heavy (non-hydrogen) atoms. The van der Waals surface area contributed by atoms with Crippen LogP contribution in [0.2, 0.25) is 0 Å². The van der Waals surface area contributed by atoms with Crippen molar-refractivity contribution in [3.8, 4) is 6.07 Å². The lowest BCUT2D eigenvalue weighted by molar-refractivity contribution is -0.118. The molecule has 1 N–H and O–H groups in total. The van der Waals surface area contributed by atoms with Crippen LogP contribution in [0.15, 0.2) is 24.3 Å². The molecule has 0 aliphatic rings. The standard InChI is InChI=1S/C13H16N2O2/c1-10(16)7-8-13(17)15(2)12-6-4-3-5-11(12)9-14/h3-6,10,16H,7-8H2,1-2H3. The highest BCUT2D eigenvalue weighted by atomic mass is 16.3. The number of amides is 1. The fourth-order valence-electron chi connectivity index (χ4n) is 1.50. The molecule has 1 rings (SSSR count). The maximum atomic E-state index is 11.8. The Bertz CT molecular complexity index is 435. The van der Waals surface area contributed by atoms with E-state index in [0.29, 0.717) is 17.7 Å². The number of carbonyl (C=O) groups is 1. The lowest BCUT2D eigenvalue weighted by Crippen LogP contribution is -2.27. The van der Waals surface area contributed by atoms with Crippen molar-refractivity contribution in [2.45, 2.75) is 25.9 Å². The minimum Gasteiger partial charge on any atom is -0.393 e. The van der Waals surface area contributed by atoms with Gasteiger partial charge in [-0.1, -0.05) is 12.1 Å². The minimum atomic E-state index is -0.487. The van der Waals surface area contributed by atoms with Crippen LogP contribution in [0.4, 0.5) is 5.69 Å². The summed E-state index contributed by atoms with van der Waals surface area (Å²) in [4.78, 5) is 13.3. The third-order valence-electron chi connectivity index (χ3n) is 2.54. The molecule has 90 valence electrons. The van der Waals surface area contributed by atoms with Gasteiger partial charge in [0.05, 0.1) is 17.4 Å². The van der Waals surface area contributed by atoms with Crippen LogP contribution in [0.1, 0.15) is 25.3 Å². The topological polar surface area (TPSA) is 64.3 Å². The van der Waals surface area contributed by atoms with Gasteiger partial charge in [-0.2, -0.15) is 5.26 Å². The number of hydrogen-bond donors (Lipinski definition) is 1. The van der Waals surface area contributed by atoms with Gasteiger partial charge in [-0.05, 0) is 25.5 Å². The molecule has 0 spiro atoms. The summed E-state index contributed by atoms with van der Waals surface area (Å²) in [6.07, 6.45) is 0.213. The van der Waals surface area contributed by atoms with Crippen LogP contribution in [0.25, 0.3) is 0 Å². The zero-order chi connectivity index (χ0) is 12.8. The number of para-hydroxylation sites is 1. The Morgan fingerprint density at radius 1 is 1.53 bits per heavy atom. The lowest BCUT2D eigenvalue weighted by Gasteiger charge is -2.18. The van der Waals surface area contributed by atoms with E-state index < -0.39 is 6.10 Å². The van der Waals surface area contributed by atoms with E-state index in [1.54, 1.807) is 38.2 Å². The highest BCUT2D eigenvalue weighted by molar-refractivity contribution is 5.94. The van der Waals surface area contributed by atoms with Crippen molar-refractivity contribution in [1.82, 2.24) is 0 Å². The van der Waals surface area contributed by atoms with Crippen LogP contribution >= 0.6 is 0 Å². The number of aliphatic hydroxyl groups is 1. The van der Waals surface area contributed by atoms with E-state index in [9.17, 15) is 4.79 Å². The van der Waals surface area contributed by atoms with Gasteiger partial charge < -0.3 is 10.0 Å². The maximum Gasteiger partial charge on any atom is 0.226 e. The van der Waals surface area contributed by atoms with E-state index in [1.807, 2.05) is 0 Å². The number of anilines is 1. The van der Waals surface area contributed by atoms with Crippen molar-refractivity contribution in [3.05, 3.63) is 29.8 Å². The average molecular weight is 232 g/mol. The fraction of sp³-hybridized carbons (Fsp3) is 0.385. The Kier molecular flexibility index (Phi) is 4.68. The molecule has 0 saturated carbocycles. The number of nitriles is 1. The summed E-state index contributed by atoms with van der Waals surface area (Å²) >= 11 is 0. The first kappa shape index (κ1) is 13.2. The summed E-state index contributed by atoms with van der Waals surface area (Å²) < 4.78 is 0. The van der Waals surface area contributed by atoms with Gasteiger partial charge in [0, 0.05) is 13.5 Å². The van der Waals surface area contributed by atoms with Gasteiger partial charge in [-0.25, -0.2) is 0 Å². The molecule has 0 radical (unpaired) electrons. The number of rotatable bonds is 4. The number of nitrogens with zero attached hydrogens (tertiary/aromatic N) is 2. The number of hydrogen-bond acceptors (Lipinski definition) is 3. The molecular weight excluding hydrogens is 216 g/mol. The van der Waals surface area contributed by atoms with Crippen LogP contribution in [-0.2, 0) is 4.79 Å².